The van der Waals surface area contributed by atoms with Gasteiger partial charge in [0.2, 0.25) is 4.90 Å². The molecule has 1 aliphatic heterocycles. The third-order valence-electron chi connectivity index (χ3n) is 5.65. The summed E-state index contributed by atoms with van der Waals surface area (Å²) in [4.78, 5) is 19.6. The summed E-state index contributed by atoms with van der Waals surface area (Å²) in [5.41, 5.74) is 2.88. The molecule has 0 aliphatic carbocycles. The number of benzene rings is 3. The Morgan fingerprint density at radius 2 is 1.85 bits per heavy atom. The van der Waals surface area contributed by atoms with Gasteiger partial charge in [0, 0.05) is 17.1 Å². The van der Waals surface area contributed by atoms with Gasteiger partial charge in [-0.1, -0.05) is 36.4 Å². The Kier molecular flexibility index (Phi) is 5.90. The summed E-state index contributed by atoms with van der Waals surface area (Å²) in [6.45, 7) is 3.02. The number of hydrogen-bond acceptors (Lipinski definition) is 5. The Labute approximate surface area is 195 Å². The van der Waals surface area contributed by atoms with Crippen LogP contribution in [0.2, 0.25) is 0 Å². The van der Waals surface area contributed by atoms with Gasteiger partial charge < -0.3 is 14.2 Å². The molecule has 1 amide bonds. The number of hydrogen-bond donors (Lipinski definition) is 1. The minimum Gasteiger partial charge on any atom is -0.588 e. The molecular weight excluding hydrogens is 434 g/mol. The summed E-state index contributed by atoms with van der Waals surface area (Å²) in [7, 11) is 0. The maximum Gasteiger partial charge on any atom is 0.254 e. The van der Waals surface area contributed by atoms with Crippen LogP contribution in [0.3, 0.4) is 0 Å². The second-order valence-electron chi connectivity index (χ2n) is 7.99. The van der Waals surface area contributed by atoms with Gasteiger partial charge in [-0.2, -0.15) is 0 Å². The molecule has 0 radical (unpaired) electrons. The zero-order valence-corrected chi connectivity index (χ0v) is 18.9. The fourth-order valence-electron chi connectivity index (χ4n) is 3.84. The van der Waals surface area contributed by atoms with E-state index in [9.17, 15) is 9.35 Å². The Balaban J connectivity index is 1.24. The first kappa shape index (κ1) is 21.3. The zero-order valence-electron chi connectivity index (χ0n) is 18.1. The topological polar surface area (TPSA) is 77.5 Å². The normalized spacial score (nSPS) is 14.5. The molecule has 166 valence electrons. The van der Waals surface area contributed by atoms with Gasteiger partial charge >= 0.3 is 0 Å². The number of amides is 1. The molecule has 1 fully saturated rings. The fraction of sp³-hybridized carbons (Fsp3) is 0.154. The molecule has 1 unspecified atom stereocenters. The van der Waals surface area contributed by atoms with Crippen LogP contribution in [0.15, 0.2) is 90.0 Å². The first-order valence-corrected chi connectivity index (χ1v) is 11.9. The van der Waals surface area contributed by atoms with Crippen LogP contribution in [0.25, 0.3) is 10.9 Å². The standard InChI is InChI=1S/C26H23N3O3S/c1-18-15-20(26(30)29-16-22(17-29)32-21-9-3-2-4-10-21)12-13-23(18)28-33(31)24-11-5-7-19-8-6-14-27-25(19)24/h2-15,22,28H,16-17H2,1H3. The lowest BCUT2D eigenvalue weighted by Crippen LogP contribution is -2.56. The number of carbonyl (C=O) groups excluding carboxylic acids is 1. The second kappa shape index (κ2) is 9.13. The number of carbonyl (C=O) groups is 1. The van der Waals surface area contributed by atoms with E-state index >= 15 is 0 Å². The van der Waals surface area contributed by atoms with Crippen LogP contribution < -0.4 is 9.46 Å². The smallest absolute Gasteiger partial charge is 0.254 e. The predicted molar refractivity (Wildman–Crippen MR) is 130 cm³/mol. The third kappa shape index (κ3) is 4.51. The summed E-state index contributed by atoms with van der Waals surface area (Å²) in [5.74, 6) is 0.784. The average Bonchev–Trinajstić information content (AvgIpc) is 2.82. The predicted octanol–water partition coefficient (Wildman–Crippen LogP) is 4.58. The largest absolute Gasteiger partial charge is 0.588 e. The summed E-state index contributed by atoms with van der Waals surface area (Å²) < 4.78 is 22.0. The van der Waals surface area contributed by atoms with Crippen LogP contribution in [0, 0.1) is 6.92 Å². The molecule has 5 rings (SSSR count). The van der Waals surface area contributed by atoms with Crippen LogP contribution in [-0.2, 0) is 11.4 Å². The average molecular weight is 458 g/mol. The SMILES string of the molecule is Cc1cc(C(=O)N2CC(Oc3ccccc3)C2)ccc1N[S+]([O-])c1cccc2cccnc12. The molecule has 1 saturated heterocycles. The lowest BCUT2D eigenvalue weighted by atomic mass is 10.1. The highest BCUT2D eigenvalue weighted by Gasteiger charge is 2.33. The van der Waals surface area contributed by atoms with Gasteiger partial charge in [0.25, 0.3) is 5.91 Å². The number of pyridine rings is 1. The highest BCUT2D eigenvalue weighted by Crippen LogP contribution is 2.26. The molecule has 3 aromatic carbocycles. The van der Waals surface area contributed by atoms with Gasteiger partial charge in [0.05, 0.1) is 18.8 Å². The molecule has 4 aromatic rings. The molecule has 6 nitrogen and oxygen atoms in total. The monoisotopic (exact) mass is 457 g/mol. The molecule has 1 aromatic heterocycles. The van der Waals surface area contributed by atoms with Gasteiger partial charge in [-0.05, 0) is 55.0 Å². The van der Waals surface area contributed by atoms with Crippen molar-refractivity contribution in [2.45, 2.75) is 17.9 Å². The quantitative estimate of drug-likeness (QED) is 0.429. The number of aryl methyl sites for hydroxylation is 1. The van der Waals surface area contributed by atoms with Crippen LogP contribution in [0.5, 0.6) is 5.75 Å². The van der Waals surface area contributed by atoms with Crippen molar-refractivity contribution in [1.82, 2.24) is 9.88 Å². The molecule has 1 N–H and O–H groups in total. The lowest BCUT2D eigenvalue weighted by molar-refractivity contribution is 0.0178. The van der Waals surface area contributed by atoms with E-state index in [1.54, 1.807) is 23.2 Å². The maximum absolute atomic E-state index is 13.0. The van der Waals surface area contributed by atoms with Crippen molar-refractivity contribution < 1.29 is 14.1 Å². The minimum atomic E-state index is -1.48. The van der Waals surface area contributed by atoms with E-state index in [1.165, 1.54) is 0 Å². The van der Waals surface area contributed by atoms with E-state index in [-0.39, 0.29) is 12.0 Å². The molecule has 7 heteroatoms. The third-order valence-corrected chi connectivity index (χ3v) is 6.79. The Morgan fingerprint density at radius 3 is 2.64 bits per heavy atom. The Morgan fingerprint density at radius 1 is 1.06 bits per heavy atom. The summed E-state index contributed by atoms with van der Waals surface area (Å²) in [6, 6.07) is 24.5. The van der Waals surface area contributed by atoms with Gasteiger partial charge in [-0.25, -0.2) is 4.72 Å². The van der Waals surface area contributed by atoms with Crippen molar-refractivity contribution in [3.8, 4) is 5.75 Å². The van der Waals surface area contributed by atoms with Crippen LogP contribution in [-0.4, -0.2) is 39.5 Å². The van der Waals surface area contributed by atoms with Gasteiger partial charge in [-0.3, -0.25) is 9.78 Å². The van der Waals surface area contributed by atoms with Gasteiger partial charge in [0.1, 0.15) is 28.7 Å². The van der Waals surface area contributed by atoms with Crippen molar-refractivity contribution in [3.63, 3.8) is 0 Å². The highest BCUT2D eigenvalue weighted by molar-refractivity contribution is 7.93. The van der Waals surface area contributed by atoms with Crippen molar-refractivity contribution in [3.05, 3.63) is 96.2 Å². The molecule has 2 heterocycles. The van der Waals surface area contributed by atoms with E-state index in [2.05, 4.69) is 9.71 Å². The Bertz CT molecular complexity index is 1290. The van der Waals surface area contributed by atoms with Crippen molar-refractivity contribution >= 4 is 33.9 Å². The molecule has 0 saturated carbocycles. The maximum atomic E-state index is 13.0. The number of ether oxygens (including phenoxy) is 1. The number of anilines is 1. The fourth-order valence-corrected chi connectivity index (χ4v) is 4.93. The van der Waals surface area contributed by atoms with Crippen molar-refractivity contribution in [2.75, 3.05) is 17.8 Å². The van der Waals surface area contributed by atoms with Gasteiger partial charge in [0.15, 0.2) is 0 Å². The van der Waals surface area contributed by atoms with Crippen LogP contribution in [0.1, 0.15) is 15.9 Å². The molecule has 0 spiro atoms. The van der Waals surface area contributed by atoms with E-state index in [0.717, 1.165) is 16.7 Å². The van der Waals surface area contributed by atoms with E-state index in [0.29, 0.717) is 34.8 Å². The van der Waals surface area contributed by atoms with E-state index in [4.69, 9.17) is 4.74 Å². The first-order chi connectivity index (χ1) is 16.1. The lowest BCUT2D eigenvalue weighted by Gasteiger charge is -2.39. The molecular formula is C26H23N3O3S. The van der Waals surface area contributed by atoms with E-state index < -0.39 is 11.4 Å². The van der Waals surface area contributed by atoms with Crippen LogP contribution in [0.4, 0.5) is 5.69 Å². The number of likely N-dealkylation sites (tertiary alicyclic amines) is 1. The first-order valence-electron chi connectivity index (χ1n) is 10.7. The van der Waals surface area contributed by atoms with Gasteiger partial charge in [-0.15, -0.1) is 0 Å². The van der Waals surface area contributed by atoms with Crippen molar-refractivity contribution in [1.29, 1.82) is 0 Å². The summed E-state index contributed by atoms with van der Waals surface area (Å²) in [6.07, 6.45) is 1.70. The van der Waals surface area contributed by atoms with E-state index in [1.807, 2.05) is 73.7 Å². The molecule has 0 bridgehead atoms. The zero-order chi connectivity index (χ0) is 22.8. The number of rotatable bonds is 6. The van der Waals surface area contributed by atoms with Crippen LogP contribution >= 0.6 is 0 Å². The Hall–Kier alpha value is -3.55. The molecule has 33 heavy (non-hydrogen) atoms. The second-order valence-corrected chi connectivity index (χ2v) is 9.18. The number of fused-ring (bicyclic) bond motifs is 1. The molecule has 1 aliphatic rings. The number of para-hydroxylation sites is 2. The number of nitrogens with one attached hydrogen (secondary N) is 1. The van der Waals surface area contributed by atoms with Crippen molar-refractivity contribution in [2.24, 2.45) is 0 Å². The number of nitrogens with zero attached hydrogens (tertiary/aromatic N) is 2. The summed E-state index contributed by atoms with van der Waals surface area (Å²) in [5, 5.41) is 0.937. The highest BCUT2D eigenvalue weighted by atomic mass is 32.2. The minimum absolute atomic E-state index is 0.00936. The summed E-state index contributed by atoms with van der Waals surface area (Å²) >= 11 is -1.48. The number of aromatic nitrogens is 1. The molecule has 1 atom stereocenters.